The quantitative estimate of drug-likeness (QED) is 0.706. The molecule has 1 amide bonds. The third-order valence-electron chi connectivity index (χ3n) is 1.35. The Labute approximate surface area is 89.7 Å². The van der Waals surface area contributed by atoms with Gasteiger partial charge < -0.3 is 5.32 Å². The number of nitrogens with one attached hydrogen (secondary N) is 1. The number of benzene rings is 1. The predicted molar refractivity (Wildman–Crippen MR) is 60.0 cm³/mol. The molecule has 0 aliphatic heterocycles. The Bertz CT molecular complexity index is 410. The molecular weight excluding hydrogens is 188 g/mol. The van der Waals surface area contributed by atoms with Crippen LogP contribution in [0.4, 0.5) is 5.69 Å². The molecule has 1 aromatic rings. The lowest BCUT2D eigenvalue weighted by molar-refractivity contribution is -0.114. The first-order valence-corrected chi connectivity index (χ1v) is 4.29. The number of terminal acetylenes is 1. The molecule has 0 unspecified atom stereocenters. The summed E-state index contributed by atoms with van der Waals surface area (Å²) in [7, 11) is 0. The molecule has 0 aromatic heterocycles. The van der Waals surface area contributed by atoms with E-state index in [1.807, 2.05) is 6.07 Å². The largest absolute Gasteiger partial charge is 0.326 e. The first kappa shape index (κ1) is 12.7. The van der Waals surface area contributed by atoms with Crippen molar-refractivity contribution in [2.24, 2.45) is 0 Å². The van der Waals surface area contributed by atoms with Crippen molar-refractivity contribution in [3.8, 4) is 18.4 Å². The maximum Gasteiger partial charge on any atom is 0.221 e. The van der Waals surface area contributed by atoms with E-state index in [4.69, 9.17) is 11.7 Å². The van der Waals surface area contributed by atoms with Crippen molar-refractivity contribution in [1.29, 1.82) is 5.26 Å². The Hall–Kier alpha value is -2.26. The molecule has 0 aliphatic carbocycles. The van der Waals surface area contributed by atoms with E-state index in [0.717, 1.165) is 11.3 Å². The van der Waals surface area contributed by atoms with Crippen molar-refractivity contribution in [2.45, 2.75) is 13.8 Å². The average molecular weight is 200 g/mol. The third-order valence-corrected chi connectivity index (χ3v) is 1.35. The molecule has 0 spiro atoms. The molecule has 3 nitrogen and oxygen atoms in total. The van der Waals surface area contributed by atoms with Crippen LogP contribution in [-0.2, 0) is 4.79 Å². The smallest absolute Gasteiger partial charge is 0.221 e. The Morgan fingerprint density at radius 1 is 1.53 bits per heavy atom. The molecule has 0 heterocycles. The van der Waals surface area contributed by atoms with Crippen LogP contribution in [0.5, 0.6) is 0 Å². The van der Waals surface area contributed by atoms with E-state index in [2.05, 4.69) is 11.2 Å². The van der Waals surface area contributed by atoms with Crippen molar-refractivity contribution in [2.75, 3.05) is 5.32 Å². The van der Waals surface area contributed by atoms with Crippen molar-refractivity contribution >= 4 is 11.6 Å². The second-order valence-corrected chi connectivity index (χ2v) is 2.63. The summed E-state index contributed by atoms with van der Waals surface area (Å²) in [4.78, 5) is 10.7. The number of rotatable bonds is 1. The van der Waals surface area contributed by atoms with E-state index in [0.29, 0.717) is 0 Å². The molecule has 0 saturated carbocycles. The minimum atomic E-state index is -0.0934. The molecule has 1 aromatic carbocycles. The van der Waals surface area contributed by atoms with Crippen LogP contribution in [0.2, 0.25) is 0 Å². The van der Waals surface area contributed by atoms with Crippen LogP contribution >= 0.6 is 0 Å². The van der Waals surface area contributed by atoms with E-state index in [9.17, 15) is 4.79 Å². The molecule has 1 rings (SSSR count). The second kappa shape index (κ2) is 7.17. The first-order valence-electron chi connectivity index (χ1n) is 4.29. The lowest BCUT2D eigenvalue weighted by atomic mass is 10.2. The standard InChI is InChI=1S/C10H9NO.C2H3N/c1-3-9-5-4-6-10(7-9)11-8(2)12;1-2-3/h1,4-7H,2H3,(H,11,12);1H3. The lowest BCUT2D eigenvalue weighted by Gasteiger charge is -2.00. The Morgan fingerprint density at radius 2 is 2.13 bits per heavy atom. The van der Waals surface area contributed by atoms with Crippen LogP contribution in [0.25, 0.3) is 0 Å². The van der Waals surface area contributed by atoms with Crippen LogP contribution in [0.15, 0.2) is 24.3 Å². The summed E-state index contributed by atoms with van der Waals surface area (Å²) in [6, 6.07) is 8.91. The second-order valence-electron chi connectivity index (χ2n) is 2.63. The van der Waals surface area contributed by atoms with Gasteiger partial charge in [0.2, 0.25) is 5.91 Å². The maximum atomic E-state index is 10.7. The number of hydrogen-bond donors (Lipinski definition) is 1. The summed E-state index contributed by atoms with van der Waals surface area (Å²) < 4.78 is 0. The number of carbonyl (C=O) groups excluding carboxylic acids is 1. The van der Waals surface area contributed by atoms with Crippen molar-refractivity contribution in [3.63, 3.8) is 0 Å². The summed E-state index contributed by atoms with van der Waals surface area (Å²) in [5.41, 5.74) is 1.50. The average Bonchev–Trinajstić information content (AvgIpc) is 2.18. The van der Waals surface area contributed by atoms with Gasteiger partial charge in [0.25, 0.3) is 0 Å². The van der Waals surface area contributed by atoms with Crippen LogP contribution in [-0.4, -0.2) is 5.91 Å². The molecule has 3 heteroatoms. The molecule has 0 bridgehead atoms. The van der Waals surface area contributed by atoms with E-state index >= 15 is 0 Å². The van der Waals surface area contributed by atoms with E-state index in [1.54, 1.807) is 24.3 Å². The summed E-state index contributed by atoms with van der Waals surface area (Å²) in [5.74, 6) is 2.40. The summed E-state index contributed by atoms with van der Waals surface area (Å²) in [5, 5.41) is 9.96. The maximum absolute atomic E-state index is 10.7. The van der Waals surface area contributed by atoms with Crippen LogP contribution in [0.3, 0.4) is 0 Å². The molecule has 15 heavy (non-hydrogen) atoms. The fourth-order valence-corrected chi connectivity index (χ4v) is 0.890. The van der Waals surface area contributed by atoms with Gasteiger partial charge in [-0.1, -0.05) is 12.0 Å². The zero-order valence-corrected chi connectivity index (χ0v) is 8.74. The molecule has 76 valence electrons. The van der Waals surface area contributed by atoms with Crippen LogP contribution in [0, 0.1) is 23.7 Å². The van der Waals surface area contributed by atoms with E-state index < -0.39 is 0 Å². The Morgan fingerprint density at radius 3 is 2.60 bits per heavy atom. The van der Waals surface area contributed by atoms with Gasteiger partial charge in [-0.05, 0) is 18.2 Å². The monoisotopic (exact) mass is 200 g/mol. The number of hydrogen-bond acceptors (Lipinski definition) is 2. The molecule has 0 radical (unpaired) electrons. The van der Waals surface area contributed by atoms with Gasteiger partial charge in [0.15, 0.2) is 0 Å². The summed E-state index contributed by atoms with van der Waals surface area (Å²) in [6.07, 6.45) is 5.19. The van der Waals surface area contributed by atoms with E-state index in [1.165, 1.54) is 13.8 Å². The van der Waals surface area contributed by atoms with Gasteiger partial charge in [-0.15, -0.1) is 6.42 Å². The van der Waals surface area contributed by atoms with Crippen LogP contribution in [0.1, 0.15) is 19.4 Å². The SMILES string of the molecule is C#Cc1cccc(NC(C)=O)c1.CC#N. The van der Waals surface area contributed by atoms with Gasteiger partial charge in [-0.3, -0.25) is 4.79 Å². The third kappa shape index (κ3) is 5.90. The zero-order chi connectivity index (χ0) is 11.7. The number of carbonyl (C=O) groups is 1. The highest BCUT2D eigenvalue weighted by atomic mass is 16.1. The van der Waals surface area contributed by atoms with Gasteiger partial charge >= 0.3 is 0 Å². The highest BCUT2D eigenvalue weighted by Gasteiger charge is 1.94. The molecule has 0 saturated heterocycles. The highest BCUT2D eigenvalue weighted by molar-refractivity contribution is 5.88. The number of nitriles is 1. The van der Waals surface area contributed by atoms with Crippen molar-refractivity contribution < 1.29 is 4.79 Å². The first-order chi connectivity index (χ1) is 7.13. The van der Waals surface area contributed by atoms with Gasteiger partial charge in [-0.25, -0.2) is 0 Å². The van der Waals surface area contributed by atoms with Crippen molar-refractivity contribution in [3.05, 3.63) is 29.8 Å². The molecule has 1 N–H and O–H groups in total. The van der Waals surface area contributed by atoms with E-state index in [-0.39, 0.29) is 5.91 Å². The highest BCUT2D eigenvalue weighted by Crippen LogP contribution is 2.08. The fraction of sp³-hybridized carbons (Fsp3) is 0.167. The van der Waals surface area contributed by atoms with Gasteiger partial charge in [0, 0.05) is 25.1 Å². The Kier molecular flexibility index (Phi) is 6.09. The minimum Gasteiger partial charge on any atom is -0.326 e. The molecular formula is C12H12N2O. The van der Waals surface area contributed by atoms with Gasteiger partial charge in [-0.2, -0.15) is 5.26 Å². The summed E-state index contributed by atoms with van der Waals surface area (Å²) >= 11 is 0. The number of anilines is 1. The fourth-order valence-electron chi connectivity index (χ4n) is 0.890. The normalized spacial score (nSPS) is 7.47. The summed E-state index contributed by atoms with van der Waals surface area (Å²) in [6.45, 7) is 2.89. The van der Waals surface area contributed by atoms with Gasteiger partial charge in [0.05, 0.1) is 6.07 Å². The molecule has 0 aliphatic rings. The van der Waals surface area contributed by atoms with Crippen molar-refractivity contribution in [1.82, 2.24) is 0 Å². The van der Waals surface area contributed by atoms with Crippen LogP contribution < -0.4 is 5.32 Å². The number of amides is 1. The Balaban J connectivity index is 0.000000583. The molecule has 0 fully saturated rings. The predicted octanol–water partition coefficient (Wildman–Crippen LogP) is 2.16. The zero-order valence-electron chi connectivity index (χ0n) is 8.74. The lowest BCUT2D eigenvalue weighted by Crippen LogP contribution is -2.05. The molecule has 0 atom stereocenters. The van der Waals surface area contributed by atoms with Gasteiger partial charge in [0.1, 0.15) is 0 Å². The topological polar surface area (TPSA) is 52.9 Å². The number of nitrogens with zero attached hydrogens (tertiary/aromatic N) is 1. The minimum absolute atomic E-state index is 0.0934.